The molecule has 0 aliphatic rings. The van der Waals surface area contributed by atoms with Crippen molar-refractivity contribution in [1.29, 1.82) is 0 Å². The second-order valence-corrected chi connectivity index (χ2v) is 4.74. The lowest BCUT2D eigenvalue weighted by atomic mass is 10.2. The molecule has 0 saturated heterocycles. The first-order chi connectivity index (χ1) is 11.3. The number of carbonyl (C=O) groups is 2. The van der Waals surface area contributed by atoms with Crippen molar-refractivity contribution in [2.75, 3.05) is 26.4 Å². The van der Waals surface area contributed by atoms with Crippen LogP contribution in [0.5, 0.6) is 0 Å². The molecule has 0 heterocycles. The second kappa shape index (κ2) is 9.38. The van der Waals surface area contributed by atoms with E-state index in [1.165, 1.54) is 0 Å². The van der Waals surface area contributed by atoms with Gasteiger partial charge in [-0.1, -0.05) is 36.4 Å². The smallest absolute Gasteiger partial charge is 0.338 e. The quantitative estimate of drug-likeness (QED) is 0.600. The van der Waals surface area contributed by atoms with Crippen molar-refractivity contribution in [3.63, 3.8) is 0 Å². The van der Waals surface area contributed by atoms with Crippen LogP contribution >= 0.6 is 0 Å². The highest BCUT2D eigenvalue weighted by Crippen LogP contribution is 2.00. The van der Waals surface area contributed by atoms with E-state index in [9.17, 15) is 9.59 Å². The van der Waals surface area contributed by atoms with E-state index in [2.05, 4.69) is 5.32 Å². The van der Waals surface area contributed by atoms with Crippen molar-refractivity contribution in [1.82, 2.24) is 5.32 Å². The van der Waals surface area contributed by atoms with Gasteiger partial charge in [-0.25, -0.2) is 4.79 Å². The summed E-state index contributed by atoms with van der Waals surface area (Å²) >= 11 is 0. The summed E-state index contributed by atoms with van der Waals surface area (Å²) in [5, 5.41) is 2.75. The lowest BCUT2D eigenvalue weighted by Crippen LogP contribution is -2.27. The molecule has 0 spiro atoms. The minimum absolute atomic E-state index is 0.135. The molecule has 0 atom stereocenters. The van der Waals surface area contributed by atoms with E-state index < -0.39 is 0 Å². The molecule has 5 heteroatoms. The zero-order valence-corrected chi connectivity index (χ0v) is 12.7. The monoisotopic (exact) mass is 313 g/mol. The van der Waals surface area contributed by atoms with E-state index in [4.69, 9.17) is 9.47 Å². The number of benzene rings is 2. The SMILES string of the molecule is O=C(NCCOCCOC(=O)c1ccccc1)c1ccccc1. The molecule has 120 valence electrons. The zero-order valence-electron chi connectivity index (χ0n) is 12.7. The number of esters is 1. The molecule has 0 aliphatic carbocycles. The normalized spacial score (nSPS) is 10.1. The van der Waals surface area contributed by atoms with Gasteiger partial charge in [-0.05, 0) is 24.3 Å². The average molecular weight is 313 g/mol. The first-order valence-corrected chi connectivity index (χ1v) is 7.40. The Kier molecular flexibility index (Phi) is 6.81. The van der Waals surface area contributed by atoms with Gasteiger partial charge in [0.25, 0.3) is 5.91 Å². The van der Waals surface area contributed by atoms with Crippen LogP contribution in [0.2, 0.25) is 0 Å². The van der Waals surface area contributed by atoms with Gasteiger partial charge in [0, 0.05) is 12.1 Å². The maximum atomic E-state index is 11.7. The molecule has 0 bridgehead atoms. The predicted molar refractivity (Wildman–Crippen MR) is 86.3 cm³/mol. The lowest BCUT2D eigenvalue weighted by molar-refractivity contribution is 0.0322. The van der Waals surface area contributed by atoms with Crippen molar-refractivity contribution >= 4 is 11.9 Å². The van der Waals surface area contributed by atoms with Crippen LogP contribution in [-0.4, -0.2) is 38.2 Å². The fourth-order valence-electron chi connectivity index (χ4n) is 1.88. The van der Waals surface area contributed by atoms with Crippen LogP contribution < -0.4 is 5.32 Å². The Morgan fingerprint density at radius 2 is 1.39 bits per heavy atom. The fraction of sp³-hybridized carbons (Fsp3) is 0.222. The largest absolute Gasteiger partial charge is 0.460 e. The summed E-state index contributed by atoms with van der Waals surface area (Å²) in [7, 11) is 0. The molecule has 2 rings (SSSR count). The summed E-state index contributed by atoms with van der Waals surface area (Å²) in [6.07, 6.45) is 0. The molecule has 0 aromatic heterocycles. The summed E-state index contributed by atoms with van der Waals surface area (Å²) in [5.74, 6) is -0.503. The lowest BCUT2D eigenvalue weighted by Gasteiger charge is -2.07. The van der Waals surface area contributed by atoms with Crippen molar-refractivity contribution in [3.8, 4) is 0 Å². The standard InChI is InChI=1S/C18H19NO4/c20-17(15-7-3-1-4-8-15)19-11-12-22-13-14-23-18(21)16-9-5-2-6-10-16/h1-10H,11-14H2,(H,19,20). The fourth-order valence-corrected chi connectivity index (χ4v) is 1.88. The van der Waals surface area contributed by atoms with Crippen LogP contribution in [0, 0.1) is 0 Å². The van der Waals surface area contributed by atoms with E-state index in [1.54, 1.807) is 36.4 Å². The van der Waals surface area contributed by atoms with E-state index in [0.29, 0.717) is 30.9 Å². The maximum Gasteiger partial charge on any atom is 0.338 e. The van der Waals surface area contributed by atoms with Crippen molar-refractivity contribution in [2.45, 2.75) is 0 Å². The topological polar surface area (TPSA) is 64.6 Å². The molecule has 0 unspecified atom stereocenters. The van der Waals surface area contributed by atoms with Crippen LogP contribution in [0.1, 0.15) is 20.7 Å². The molecule has 5 nitrogen and oxygen atoms in total. The van der Waals surface area contributed by atoms with Gasteiger partial charge >= 0.3 is 5.97 Å². The van der Waals surface area contributed by atoms with Crippen molar-refractivity contribution in [3.05, 3.63) is 71.8 Å². The van der Waals surface area contributed by atoms with E-state index in [0.717, 1.165) is 0 Å². The van der Waals surface area contributed by atoms with Crippen LogP contribution in [0.15, 0.2) is 60.7 Å². The Labute approximate surface area is 135 Å². The minimum atomic E-state index is -0.369. The maximum absolute atomic E-state index is 11.7. The molecule has 1 N–H and O–H groups in total. The first-order valence-electron chi connectivity index (χ1n) is 7.40. The van der Waals surface area contributed by atoms with Crippen molar-refractivity contribution in [2.24, 2.45) is 0 Å². The molecule has 0 saturated carbocycles. The van der Waals surface area contributed by atoms with Crippen molar-refractivity contribution < 1.29 is 19.1 Å². The molecule has 2 aromatic carbocycles. The summed E-state index contributed by atoms with van der Waals surface area (Å²) in [6.45, 7) is 1.24. The molecule has 2 aromatic rings. The number of rotatable bonds is 8. The Bertz CT molecular complexity index is 558. The Balaban J connectivity index is 1.53. The minimum Gasteiger partial charge on any atom is -0.460 e. The van der Waals surface area contributed by atoms with Crippen LogP contribution in [0.4, 0.5) is 0 Å². The molecule has 0 fully saturated rings. The van der Waals surface area contributed by atoms with E-state index in [1.807, 2.05) is 24.3 Å². The zero-order chi connectivity index (χ0) is 16.3. The number of carbonyl (C=O) groups excluding carboxylic acids is 2. The molecule has 0 radical (unpaired) electrons. The Hall–Kier alpha value is -2.66. The summed E-state index contributed by atoms with van der Waals surface area (Å²) in [4.78, 5) is 23.4. The van der Waals surface area contributed by atoms with Gasteiger partial charge in [0.1, 0.15) is 6.61 Å². The third-order valence-electron chi connectivity index (χ3n) is 3.04. The van der Waals surface area contributed by atoms with Gasteiger partial charge in [0.05, 0.1) is 18.8 Å². The number of amides is 1. The van der Waals surface area contributed by atoms with Gasteiger partial charge in [-0.3, -0.25) is 4.79 Å². The van der Waals surface area contributed by atoms with Crippen LogP contribution in [0.25, 0.3) is 0 Å². The van der Waals surface area contributed by atoms with Gasteiger partial charge < -0.3 is 14.8 Å². The molecule has 0 aliphatic heterocycles. The molecule has 1 amide bonds. The molecule has 23 heavy (non-hydrogen) atoms. The molecular weight excluding hydrogens is 294 g/mol. The summed E-state index contributed by atoms with van der Waals surface area (Å²) in [6, 6.07) is 17.8. The van der Waals surface area contributed by atoms with Crippen LogP contribution in [0.3, 0.4) is 0 Å². The Morgan fingerprint density at radius 3 is 2.04 bits per heavy atom. The number of hydrogen-bond acceptors (Lipinski definition) is 4. The number of nitrogens with one attached hydrogen (secondary N) is 1. The average Bonchev–Trinajstić information content (AvgIpc) is 2.62. The summed E-state index contributed by atoms with van der Waals surface area (Å²) in [5.41, 5.74) is 1.13. The van der Waals surface area contributed by atoms with Crippen LogP contribution in [-0.2, 0) is 9.47 Å². The highest BCUT2D eigenvalue weighted by atomic mass is 16.6. The number of ether oxygens (including phenoxy) is 2. The molecular formula is C18H19NO4. The predicted octanol–water partition coefficient (Wildman–Crippen LogP) is 2.29. The third kappa shape index (κ3) is 5.92. The van der Waals surface area contributed by atoms with Gasteiger partial charge in [0.2, 0.25) is 0 Å². The van der Waals surface area contributed by atoms with Gasteiger partial charge in [0.15, 0.2) is 0 Å². The summed E-state index contributed by atoms with van der Waals surface area (Å²) < 4.78 is 10.4. The highest BCUT2D eigenvalue weighted by molar-refractivity contribution is 5.94. The Morgan fingerprint density at radius 1 is 0.783 bits per heavy atom. The van der Waals surface area contributed by atoms with Gasteiger partial charge in [-0.2, -0.15) is 0 Å². The van der Waals surface area contributed by atoms with E-state index >= 15 is 0 Å². The third-order valence-corrected chi connectivity index (χ3v) is 3.04. The highest BCUT2D eigenvalue weighted by Gasteiger charge is 2.05. The second-order valence-electron chi connectivity index (χ2n) is 4.74. The van der Waals surface area contributed by atoms with Gasteiger partial charge in [-0.15, -0.1) is 0 Å². The van der Waals surface area contributed by atoms with E-state index in [-0.39, 0.29) is 18.5 Å². The number of hydrogen-bond donors (Lipinski definition) is 1. The first kappa shape index (κ1) is 16.7.